The second-order valence-corrected chi connectivity index (χ2v) is 6.39. The van der Waals surface area contributed by atoms with Crippen molar-refractivity contribution in [3.8, 4) is 0 Å². The number of anilines is 2. The van der Waals surface area contributed by atoms with Gasteiger partial charge in [-0.05, 0) is 55.0 Å². The van der Waals surface area contributed by atoms with E-state index in [0.717, 1.165) is 24.8 Å². The van der Waals surface area contributed by atoms with Crippen LogP contribution in [0, 0.1) is 0 Å². The lowest BCUT2D eigenvalue weighted by Gasteiger charge is -2.07. The number of esters is 1. The number of fused-ring (bicyclic) bond motifs is 1. The number of hydrogen-bond acceptors (Lipinski definition) is 7. The van der Waals surface area contributed by atoms with Crippen molar-refractivity contribution < 1.29 is 9.53 Å². The minimum Gasteiger partial charge on any atom is -0.462 e. The molecule has 0 saturated heterocycles. The van der Waals surface area contributed by atoms with Gasteiger partial charge in [0.15, 0.2) is 0 Å². The molecule has 22 heavy (non-hydrogen) atoms. The molecule has 1 aliphatic rings. The van der Waals surface area contributed by atoms with Crippen molar-refractivity contribution in [3.05, 3.63) is 26.6 Å². The van der Waals surface area contributed by atoms with E-state index in [-0.39, 0.29) is 22.5 Å². The molecule has 0 amide bonds. The Morgan fingerprint density at radius 3 is 2.68 bits per heavy atom. The van der Waals surface area contributed by atoms with Gasteiger partial charge in [-0.3, -0.25) is 0 Å². The number of aromatic nitrogens is 3. The normalized spacial score (nSPS) is 13.0. The summed E-state index contributed by atoms with van der Waals surface area (Å²) in [6, 6.07) is 0. The van der Waals surface area contributed by atoms with Gasteiger partial charge in [-0.25, -0.2) is 4.79 Å². The standard InChI is InChI=1S/C13H12Cl2N4O2S/c1-2-21-10(20)8-6-4-3-5-7(6)22-9(8)16-13-18-11(14)17-12(15)19-13/h2-5H2,1H3,(H,16,17,18,19). The quantitative estimate of drug-likeness (QED) is 0.840. The summed E-state index contributed by atoms with van der Waals surface area (Å²) in [4.78, 5) is 25.1. The van der Waals surface area contributed by atoms with Crippen molar-refractivity contribution in [1.82, 2.24) is 15.0 Å². The van der Waals surface area contributed by atoms with Crippen LogP contribution in [0.4, 0.5) is 10.9 Å². The number of ether oxygens (including phenoxy) is 1. The van der Waals surface area contributed by atoms with Crippen molar-refractivity contribution in [3.63, 3.8) is 0 Å². The van der Waals surface area contributed by atoms with Gasteiger partial charge in [0.05, 0.1) is 12.2 Å². The van der Waals surface area contributed by atoms with Gasteiger partial charge in [0, 0.05) is 4.88 Å². The first kappa shape index (κ1) is 15.5. The van der Waals surface area contributed by atoms with E-state index in [9.17, 15) is 4.79 Å². The van der Waals surface area contributed by atoms with E-state index in [4.69, 9.17) is 27.9 Å². The highest BCUT2D eigenvalue weighted by molar-refractivity contribution is 7.16. The number of carbonyl (C=O) groups is 1. The lowest BCUT2D eigenvalue weighted by molar-refractivity contribution is 0.0527. The van der Waals surface area contributed by atoms with Gasteiger partial charge in [-0.15, -0.1) is 11.3 Å². The molecule has 0 fully saturated rings. The van der Waals surface area contributed by atoms with E-state index in [0.29, 0.717) is 17.2 Å². The molecule has 9 heteroatoms. The number of carbonyl (C=O) groups excluding carboxylic acids is 1. The number of nitrogens with one attached hydrogen (secondary N) is 1. The summed E-state index contributed by atoms with van der Waals surface area (Å²) in [5.41, 5.74) is 1.62. The third-order valence-corrected chi connectivity index (χ3v) is 4.75. The number of thiophene rings is 1. The molecule has 1 N–H and O–H groups in total. The van der Waals surface area contributed by atoms with Crippen LogP contribution in [0.2, 0.25) is 10.6 Å². The van der Waals surface area contributed by atoms with Crippen LogP contribution < -0.4 is 5.32 Å². The van der Waals surface area contributed by atoms with Gasteiger partial charge < -0.3 is 10.1 Å². The molecule has 3 rings (SSSR count). The van der Waals surface area contributed by atoms with Crippen molar-refractivity contribution in [2.24, 2.45) is 0 Å². The van der Waals surface area contributed by atoms with E-state index in [1.165, 1.54) is 16.2 Å². The van der Waals surface area contributed by atoms with Gasteiger partial charge in [-0.2, -0.15) is 15.0 Å². The smallest absolute Gasteiger partial charge is 0.341 e. The third kappa shape index (κ3) is 3.02. The first-order chi connectivity index (χ1) is 10.6. The Balaban J connectivity index is 1.98. The van der Waals surface area contributed by atoms with Crippen molar-refractivity contribution >= 4 is 51.5 Å². The molecule has 6 nitrogen and oxygen atoms in total. The molecular weight excluding hydrogens is 347 g/mol. The minimum atomic E-state index is -0.337. The third-order valence-electron chi connectivity index (χ3n) is 3.21. The van der Waals surface area contributed by atoms with Crippen molar-refractivity contribution in [2.45, 2.75) is 26.2 Å². The molecule has 0 aromatic carbocycles. The topological polar surface area (TPSA) is 77.0 Å². The maximum Gasteiger partial charge on any atom is 0.341 e. The van der Waals surface area contributed by atoms with Crippen LogP contribution in [-0.2, 0) is 17.6 Å². The fourth-order valence-electron chi connectivity index (χ4n) is 2.39. The van der Waals surface area contributed by atoms with Crippen molar-refractivity contribution in [2.75, 3.05) is 11.9 Å². The SMILES string of the molecule is CCOC(=O)c1c(Nc2nc(Cl)nc(Cl)n2)sc2c1CCC2. The summed E-state index contributed by atoms with van der Waals surface area (Å²) in [5.74, 6) is -0.133. The molecule has 2 aromatic heterocycles. The Morgan fingerprint density at radius 2 is 2.00 bits per heavy atom. The summed E-state index contributed by atoms with van der Waals surface area (Å²) in [6.45, 7) is 2.11. The molecule has 0 saturated carbocycles. The average Bonchev–Trinajstić information content (AvgIpc) is 2.97. The van der Waals surface area contributed by atoms with Crippen LogP contribution in [-0.4, -0.2) is 27.5 Å². The summed E-state index contributed by atoms with van der Waals surface area (Å²) in [7, 11) is 0. The number of hydrogen-bond donors (Lipinski definition) is 1. The average molecular weight is 359 g/mol. The molecule has 0 bridgehead atoms. The van der Waals surface area contributed by atoms with Gasteiger partial charge in [0.2, 0.25) is 16.5 Å². The monoisotopic (exact) mass is 358 g/mol. The van der Waals surface area contributed by atoms with Gasteiger partial charge in [0.1, 0.15) is 5.00 Å². The number of rotatable bonds is 4. The summed E-state index contributed by atoms with van der Waals surface area (Å²) < 4.78 is 5.16. The lowest BCUT2D eigenvalue weighted by Crippen LogP contribution is -2.09. The molecule has 116 valence electrons. The Hall–Kier alpha value is -1.44. The summed E-state index contributed by atoms with van der Waals surface area (Å²) in [5, 5.41) is 3.64. The van der Waals surface area contributed by atoms with Crippen molar-refractivity contribution in [1.29, 1.82) is 0 Å². The van der Waals surface area contributed by atoms with Crippen LogP contribution in [0.25, 0.3) is 0 Å². The molecule has 0 aliphatic heterocycles. The van der Waals surface area contributed by atoms with Crippen LogP contribution in [0.3, 0.4) is 0 Å². The molecule has 2 aromatic rings. The summed E-state index contributed by atoms with van der Waals surface area (Å²) in [6.07, 6.45) is 2.89. The first-order valence-electron chi connectivity index (χ1n) is 6.74. The molecule has 2 heterocycles. The minimum absolute atomic E-state index is 0.00992. The predicted octanol–water partition coefficient (Wildman–Crippen LogP) is 3.65. The zero-order valence-electron chi connectivity index (χ0n) is 11.7. The maximum absolute atomic E-state index is 12.2. The number of halogens is 2. The molecule has 0 unspecified atom stereocenters. The molecular formula is C13H12Cl2N4O2S. The van der Waals surface area contributed by atoms with E-state index in [2.05, 4.69) is 20.3 Å². The van der Waals surface area contributed by atoms with Crippen LogP contribution in [0.1, 0.15) is 34.1 Å². The van der Waals surface area contributed by atoms with E-state index in [1.807, 2.05) is 0 Å². The summed E-state index contributed by atoms with van der Waals surface area (Å²) >= 11 is 13.0. The lowest BCUT2D eigenvalue weighted by atomic mass is 10.1. The zero-order valence-corrected chi connectivity index (χ0v) is 14.0. The Bertz CT molecular complexity index is 715. The Morgan fingerprint density at radius 1 is 1.27 bits per heavy atom. The highest BCUT2D eigenvalue weighted by Crippen LogP contribution is 2.40. The highest BCUT2D eigenvalue weighted by Gasteiger charge is 2.28. The molecule has 0 atom stereocenters. The highest BCUT2D eigenvalue weighted by atomic mass is 35.5. The van der Waals surface area contributed by atoms with E-state index < -0.39 is 0 Å². The van der Waals surface area contributed by atoms with Gasteiger partial charge in [-0.1, -0.05) is 0 Å². The van der Waals surface area contributed by atoms with E-state index in [1.54, 1.807) is 6.92 Å². The van der Waals surface area contributed by atoms with Crippen LogP contribution in [0.5, 0.6) is 0 Å². The van der Waals surface area contributed by atoms with Gasteiger partial charge >= 0.3 is 5.97 Å². The second-order valence-electron chi connectivity index (χ2n) is 4.60. The van der Waals surface area contributed by atoms with Gasteiger partial charge in [0.25, 0.3) is 0 Å². The van der Waals surface area contributed by atoms with Crippen LogP contribution in [0.15, 0.2) is 0 Å². The number of nitrogens with zero attached hydrogens (tertiary/aromatic N) is 3. The van der Waals surface area contributed by atoms with Crippen LogP contribution >= 0.6 is 34.5 Å². The zero-order chi connectivity index (χ0) is 15.7. The Labute approximate surface area is 140 Å². The largest absolute Gasteiger partial charge is 0.462 e. The fourth-order valence-corrected chi connectivity index (χ4v) is 4.03. The predicted molar refractivity (Wildman–Crippen MR) is 85.4 cm³/mol. The molecule has 0 radical (unpaired) electrons. The second kappa shape index (κ2) is 6.36. The molecule has 1 aliphatic carbocycles. The maximum atomic E-state index is 12.2. The fraction of sp³-hybridized carbons (Fsp3) is 0.385. The number of aryl methyl sites for hydroxylation is 1. The first-order valence-corrected chi connectivity index (χ1v) is 8.31. The van der Waals surface area contributed by atoms with E-state index >= 15 is 0 Å². The molecule has 0 spiro atoms. The Kier molecular flexibility index (Phi) is 4.46.